The molecule has 3 N–H and O–H groups in total. The Balaban J connectivity index is 2.04. The number of hydrogen-bond acceptors (Lipinski definition) is 7. The molecule has 11 heteroatoms. The van der Waals surface area contributed by atoms with Crippen molar-refractivity contribution >= 4 is 50.8 Å². The van der Waals surface area contributed by atoms with Crippen LogP contribution in [0.25, 0.3) is 11.1 Å². The number of benzene rings is 2. The topological polar surface area (TPSA) is 136 Å². The molecule has 0 spiro atoms. The molecule has 0 bridgehead atoms. The molecule has 0 fully saturated rings. The summed E-state index contributed by atoms with van der Waals surface area (Å²) in [6.45, 7) is 6.78. The highest BCUT2D eigenvalue weighted by molar-refractivity contribution is 8.01. The molecule has 2 aromatic carbocycles. The van der Waals surface area contributed by atoms with Crippen molar-refractivity contribution in [3.63, 3.8) is 0 Å². The van der Waals surface area contributed by atoms with Gasteiger partial charge >= 0.3 is 12.1 Å². The Morgan fingerprint density at radius 2 is 1.78 bits per heavy atom. The van der Waals surface area contributed by atoms with E-state index in [2.05, 4.69) is 4.99 Å². The second kappa shape index (κ2) is 10.5. The smallest absolute Gasteiger partial charge is 0.436 e. The zero-order valence-corrected chi connectivity index (χ0v) is 22.8. The van der Waals surface area contributed by atoms with Gasteiger partial charge in [0.25, 0.3) is 0 Å². The van der Waals surface area contributed by atoms with E-state index >= 15 is 0 Å². The molecule has 0 saturated heterocycles. The Labute approximate surface area is 218 Å². The lowest BCUT2D eigenvalue weighted by Gasteiger charge is -2.17. The highest BCUT2D eigenvalue weighted by Crippen LogP contribution is 2.38. The van der Waals surface area contributed by atoms with E-state index in [-0.39, 0.29) is 21.2 Å². The summed E-state index contributed by atoms with van der Waals surface area (Å²) in [6.07, 6.45) is 0.877. The molecule has 0 atom stereocenters. The van der Waals surface area contributed by atoms with Crippen molar-refractivity contribution < 1.29 is 27.9 Å². The number of amidine groups is 1. The fraction of sp³-hybridized carbons (Fsp3) is 0.240. The number of rotatable bonds is 6. The maximum Gasteiger partial charge on any atom is 0.436 e. The molecular formula is C25H26N2O6S3. The summed E-state index contributed by atoms with van der Waals surface area (Å²) >= 11 is 2.35. The summed E-state index contributed by atoms with van der Waals surface area (Å²) in [5.41, 5.74) is 7.13. The van der Waals surface area contributed by atoms with E-state index in [9.17, 15) is 23.1 Å². The number of aromatic carboxylic acids is 1. The first-order valence-electron chi connectivity index (χ1n) is 10.7. The number of amides is 1. The summed E-state index contributed by atoms with van der Waals surface area (Å²) in [6, 6.07) is 12.6. The van der Waals surface area contributed by atoms with Crippen LogP contribution in [0.3, 0.4) is 0 Å². The molecule has 1 heterocycles. The summed E-state index contributed by atoms with van der Waals surface area (Å²) in [5, 5.41) is 9.44. The first-order chi connectivity index (χ1) is 16.7. The summed E-state index contributed by atoms with van der Waals surface area (Å²) in [7, 11) is -3.97. The molecule has 0 radical (unpaired) electrons. The predicted octanol–water partition coefficient (Wildman–Crippen LogP) is 5.62. The number of hydrogen-bond donors (Lipinski definition) is 2. The summed E-state index contributed by atoms with van der Waals surface area (Å²) < 4.78 is 32.9. The van der Waals surface area contributed by atoms with Crippen LogP contribution in [-0.4, -0.2) is 43.3 Å². The third-order valence-electron chi connectivity index (χ3n) is 5.02. The summed E-state index contributed by atoms with van der Waals surface area (Å²) in [4.78, 5) is 27.7. The Morgan fingerprint density at radius 3 is 2.39 bits per heavy atom. The average Bonchev–Trinajstić information content (AvgIpc) is 3.23. The number of thiophene rings is 1. The minimum Gasteiger partial charge on any atom is -0.478 e. The van der Waals surface area contributed by atoms with Crippen LogP contribution in [0.5, 0.6) is 0 Å². The van der Waals surface area contributed by atoms with Crippen LogP contribution in [-0.2, 0) is 14.6 Å². The van der Waals surface area contributed by atoms with Gasteiger partial charge in [0.2, 0.25) is 9.84 Å². The first-order valence-corrected chi connectivity index (χ1v) is 14.2. The Hall–Kier alpha value is -3.15. The predicted molar refractivity (Wildman–Crippen MR) is 142 cm³/mol. The average molecular weight is 547 g/mol. The quantitative estimate of drug-likeness (QED) is 0.231. The van der Waals surface area contributed by atoms with Gasteiger partial charge < -0.3 is 15.6 Å². The number of carbonyl (C=O) groups is 2. The lowest BCUT2D eigenvalue weighted by Crippen LogP contribution is -2.24. The highest BCUT2D eigenvalue weighted by Gasteiger charge is 2.26. The highest BCUT2D eigenvalue weighted by atomic mass is 32.2. The van der Waals surface area contributed by atoms with E-state index in [1.807, 2.05) is 0 Å². The van der Waals surface area contributed by atoms with Crippen molar-refractivity contribution in [2.75, 3.05) is 6.26 Å². The molecule has 190 valence electrons. The number of nitrogens with two attached hydrogens (primary N) is 1. The first kappa shape index (κ1) is 27.4. The van der Waals surface area contributed by atoms with Gasteiger partial charge in [0.05, 0.1) is 24.4 Å². The third kappa shape index (κ3) is 5.97. The van der Waals surface area contributed by atoms with Gasteiger partial charge in [-0.2, -0.15) is 4.99 Å². The molecule has 1 amide bonds. The zero-order valence-electron chi connectivity index (χ0n) is 20.4. The number of ether oxygens (including phenoxy) is 1. The molecule has 3 rings (SSSR count). The molecule has 8 nitrogen and oxygen atoms in total. The van der Waals surface area contributed by atoms with Crippen LogP contribution in [0.2, 0.25) is 0 Å². The second-order valence-electron chi connectivity index (χ2n) is 8.76. The van der Waals surface area contributed by atoms with E-state index in [1.165, 1.54) is 36.0 Å². The Bertz CT molecular complexity index is 1470. The standard InChI is InChI=1S/C25H26N2O6S3/c1-14-17(10-7-11-18(14)22(28)29)15-8-6-9-16(12-15)36(31,32)20-13-19(35-23(20)34-5)21(26)27-24(30)33-25(2,3)4/h6-13H,1-5H3,(H,28,29)(H2,26,27,30). The number of carboxylic acid groups (broad SMARTS) is 1. The molecule has 3 aromatic rings. The Kier molecular flexibility index (Phi) is 7.97. The maximum atomic E-state index is 13.6. The Morgan fingerprint density at radius 1 is 1.11 bits per heavy atom. The molecule has 0 unspecified atom stereocenters. The van der Waals surface area contributed by atoms with Gasteiger partial charge in [0, 0.05) is 0 Å². The maximum absolute atomic E-state index is 13.6. The van der Waals surface area contributed by atoms with Crippen LogP contribution in [0.1, 0.15) is 41.6 Å². The van der Waals surface area contributed by atoms with Gasteiger partial charge in [-0.3, -0.25) is 0 Å². The second-order valence-corrected chi connectivity index (χ2v) is 12.8. The van der Waals surface area contributed by atoms with Crippen LogP contribution in [0.15, 0.2) is 67.5 Å². The largest absolute Gasteiger partial charge is 0.478 e. The van der Waals surface area contributed by atoms with Crippen molar-refractivity contribution in [2.45, 2.75) is 47.3 Å². The third-order valence-corrected chi connectivity index (χ3v) is 9.35. The van der Waals surface area contributed by atoms with Gasteiger partial charge in [0.1, 0.15) is 11.4 Å². The van der Waals surface area contributed by atoms with E-state index in [1.54, 1.807) is 58.2 Å². The monoisotopic (exact) mass is 546 g/mol. The van der Waals surface area contributed by atoms with Crippen molar-refractivity contribution in [3.05, 3.63) is 64.5 Å². The molecule has 0 saturated carbocycles. The normalized spacial score (nSPS) is 12.4. The SMILES string of the molecule is CSc1sc(/C(N)=N\C(=O)OC(C)(C)C)cc1S(=O)(=O)c1cccc(-c2cccc(C(=O)O)c2C)c1. The number of aliphatic imine (C=N–C) groups is 1. The fourth-order valence-corrected chi connectivity index (χ4v) is 7.33. The number of nitrogens with zero attached hydrogens (tertiary/aromatic N) is 1. The molecule has 36 heavy (non-hydrogen) atoms. The minimum atomic E-state index is -3.97. The lowest BCUT2D eigenvalue weighted by atomic mass is 9.96. The zero-order chi connectivity index (χ0) is 26.8. The van der Waals surface area contributed by atoms with E-state index in [0.29, 0.717) is 25.8 Å². The van der Waals surface area contributed by atoms with E-state index in [4.69, 9.17) is 10.5 Å². The molecule has 0 aliphatic carbocycles. The van der Waals surface area contributed by atoms with Gasteiger partial charge in [-0.1, -0.05) is 24.3 Å². The van der Waals surface area contributed by atoms with Gasteiger partial charge in [-0.05, 0) is 74.9 Å². The van der Waals surface area contributed by atoms with Crippen LogP contribution in [0, 0.1) is 6.92 Å². The summed E-state index contributed by atoms with van der Waals surface area (Å²) in [5.74, 6) is -1.19. The fourth-order valence-electron chi connectivity index (χ4n) is 3.39. The molecular weight excluding hydrogens is 520 g/mol. The van der Waals surface area contributed by atoms with Crippen molar-refractivity contribution in [1.29, 1.82) is 0 Å². The van der Waals surface area contributed by atoms with Gasteiger partial charge in [-0.25, -0.2) is 18.0 Å². The van der Waals surface area contributed by atoms with Gasteiger partial charge in [-0.15, -0.1) is 23.1 Å². The molecule has 1 aromatic heterocycles. The van der Waals surface area contributed by atoms with Crippen LogP contribution < -0.4 is 5.73 Å². The molecule has 0 aliphatic rings. The lowest BCUT2D eigenvalue weighted by molar-refractivity contribution is 0.0603. The number of sulfone groups is 1. The van der Waals surface area contributed by atoms with Crippen molar-refractivity contribution in [3.8, 4) is 11.1 Å². The number of carboxylic acids is 1. The number of carbonyl (C=O) groups excluding carboxylic acids is 1. The number of thioether (sulfide) groups is 1. The van der Waals surface area contributed by atoms with E-state index in [0.717, 1.165) is 11.3 Å². The molecule has 0 aliphatic heterocycles. The van der Waals surface area contributed by atoms with Crippen molar-refractivity contribution in [2.24, 2.45) is 10.7 Å². The van der Waals surface area contributed by atoms with Crippen molar-refractivity contribution in [1.82, 2.24) is 0 Å². The van der Waals surface area contributed by atoms with Gasteiger partial charge in [0.15, 0.2) is 0 Å². The van der Waals surface area contributed by atoms with E-state index < -0.39 is 27.5 Å². The van der Waals surface area contributed by atoms with Crippen LogP contribution >= 0.6 is 23.1 Å². The minimum absolute atomic E-state index is 0.0439. The van der Waals surface area contributed by atoms with Crippen LogP contribution in [0.4, 0.5) is 4.79 Å².